The summed E-state index contributed by atoms with van der Waals surface area (Å²) < 4.78 is 0. The van der Waals surface area contributed by atoms with E-state index in [9.17, 15) is 0 Å². The fourth-order valence-corrected chi connectivity index (χ4v) is 3.08. The number of hydrogen-bond acceptors (Lipinski definition) is 2. The normalized spacial score (nSPS) is 26.5. The molecule has 0 aromatic carbocycles. The van der Waals surface area contributed by atoms with E-state index in [0.717, 1.165) is 0 Å². The molecule has 0 amide bonds. The number of unbranched alkanes of at least 4 members (excludes halogenated alkanes) is 2. The number of rotatable bonds is 6. The van der Waals surface area contributed by atoms with Gasteiger partial charge in [-0.1, -0.05) is 39.0 Å². The van der Waals surface area contributed by atoms with Crippen molar-refractivity contribution in [3.63, 3.8) is 0 Å². The highest BCUT2D eigenvalue weighted by molar-refractivity contribution is 4.86. The van der Waals surface area contributed by atoms with Gasteiger partial charge in [-0.2, -0.15) is 0 Å². The molecule has 102 valence electrons. The van der Waals surface area contributed by atoms with Gasteiger partial charge in [0.25, 0.3) is 0 Å². The van der Waals surface area contributed by atoms with Crippen molar-refractivity contribution < 1.29 is 0 Å². The molecule has 17 heavy (non-hydrogen) atoms. The standard InChI is InChI=1S/C15H32N2/c1-4-5-9-12-17(13(2)3)15-11-8-6-7-10-14(15)16/h13-15H,4-12,16H2,1-3H3. The van der Waals surface area contributed by atoms with Crippen molar-refractivity contribution in [2.24, 2.45) is 5.73 Å². The molecule has 1 aliphatic carbocycles. The summed E-state index contributed by atoms with van der Waals surface area (Å²) in [6.07, 6.45) is 10.6. The predicted octanol–water partition coefficient (Wildman–Crippen LogP) is 3.55. The highest BCUT2D eigenvalue weighted by atomic mass is 15.2. The summed E-state index contributed by atoms with van der Waals surface area (Å²) in [6, 6.07) is 1.68. The summed E-state index contributed by atoms with van der Waals surface area (Å²) in [4.78, 5) is 2.67. The molecule has 1 aliphatic rings. The first kappa shape index (κ1) is 15.0. The van der Waals surface area contributed by atoms with Crippen LogP contribution < -0.4 is 5.73 Å². The minimum atomic E-state index is 0.404. The van der Waals surface area contributed by atoms with Gasteiger partial charge in [0.05, 0.1) is 0 Å². The average Bonchev–Trinajstić information content (AvgIpc) is 2.49. The maximum Gasteiger partial charge on any atom is 0.0249 e. The van der Waals surface area contributed by atoms with Crippen molar-refractivity contribution in [2.45, 2.75) is 90.3 Å². The van der Waals surface area contributed by atoms with Crippen LogP contribution in [-0.2, 0) is 0 Å². The van der Waals surface area contributed by atoms with Crippen LogP contribution in [0.5, 0.6) is 0 Å². The van der Waals surface area contributed by atoms with Crippen molar-refractivity contribution in [2.75, 3.05) is 6.54 Å². The Hall–Kier alpha value is -0.0800. The number of hydrogen-bond donors (Lipinski definition) is 1. The fraction of sp³-hybridized carbons (Fsp3) is 1.00. The lowest BCUT2D eigenvalue weighted by Crippen LogP contribution is -2.50. The zero-order valence-corrected chi connectivity index (χ0v) is 12.1. The Bertz CT molecular complexity index is 191. The zero-order valence-electron chi connectivity index (χ0n) is 12.1. The summed E-state index contributed by atoms with van der Waals surface area (Å²) in [6.45, 7) is 8.16. The van der Waals surface area contributed by atoms with Gasteiger partial charge in [0, 0.05) is 18.1 Å². The molecule has 0 bridgehead atoms. The second kappa shape index (κ2) is 8.10. The third kappa shape index (κ3) is 4.97. The first-order valence-electron chi connectivity index (χ1n) is 7.68. The predicted molar refractivity (Wildman–Crippen MR) is 76.2 cm³/mol. The van der Waals surface area contributed by atoms with Crippen LogP contribution in [0.15, 0.2) is 0 Å². The molecule has 2 nitrogen and oxygen atoms in total. The maximum absolute atomic E-state index is 6.38. The maximum atomic E-state index is 6.38. The van der Waals surface area contributed by atoms with E-state index in [-0.39, 0.29) is 0 Å². The van der Waals surface area contributed by atoms with Crippen LogP contribution in [0.25, 0.3) is 0 Å². The van der Waals surface area contributed by atoms with Crippen molar-refractivity contribution >= 4 is 0 Å². The summed E-state index contributed by atoms with van der Waals surface area (Å²) in [5.74, 6) is 0. The molecule has 2 unspecified atom stereocenters. The van der Waals surface area contributed by atoms with Crippen LogP contribution in [0.3, 0.4) is 0 Å². The van der Waals surface area contributed by atoms with E-state index in [2.05, 4.69) is 25.7 Å². The zero-order chi connectivity index (χ0) is 12.7. The van der Waals surface area contributed by atoms with Crippen molar-refractivity contribution in [3.05, 3.63) is 0 Å². The molecule has 0 saturated heterocycles. The Morgan fingerprint density at radius 1 is 1.12 bits per heavy atom. The topological polar surface area (TPSA) is 29.3 Å². The molecule has 0 aromatic rings. The van der Waals surface area contributed by atoms with E-state index in [1.165, 1.54) is 57.9 Å². The van der Waals surface area contributed by atoms with Gasteiger partial charge in [-0.3, -0.25) is 4.90 Å². The van der Waals surface area contributed by atoms with Gasteiger partial charge in [0.2, 0.25) is 0 Å². The quantitative estimate of drug-likeness (QED) is 0.568. The number of nitrogens with zero attached hydrogens (tertiary/aromatic N) is 1. The van der Waals surface area contributed by atoms with Gasteiger partial charge in [0.1, 0.15) is 0 Å². The van der Waals surface area contributed by atoms with Crippen LogP contribution in [0.1, 0.15) is 72.1 Å². The van der Waals surface area contributed by atoms with E-state index < -0.39 is 0 Å². The number of nitrogens with two attached hydrogens (primary N) is 1. The van der Waals surface area contributed by atoms with Crippen molar-refractivity contribution in [1.29, 1.82) is 0 Å². The molecule has 1 rings (SSSR count). The summed E-state index contributed by atoms with van der Waals surface area (Å²) in [5.41, 5.74) is 6.38. The molecule has 2 heteroatoms. The average molecular weight is 240 g/mol. The Kier molecular flexibility index (Phi) is 7.14. The highest BCUT2D eigenvalue weighted by Crippen LogP contribution is 2.23. The van der Waals surface area contributed by atoms with Crippen LogP contribution >= 0.6 is 0 Å². The third-order valence-electron chi connectivity index (χ3n) is 4.14. The van der Waals surface area contributed by atoms with Gasteiger partial charge >= 0.3 is 0 Å². The molecule has 0 radical (unpaired) electrons. The molecular formula is C15H32N2. The fourth-order valence-electron chi connectivity index (χ4n) is 3.08. The van der Waals surface area contributed by atoms with Gasteiger partial charge in [0.15, 0.2) is 0 Å². The van der Waals surface area contributed by atoms with Crippen molar-refractivity contribution in [1.82, 2.24) is 4.90 Å². The largest absolute Gasteiger partial charge is 0.326 e. The molecule has 0 aliphatic heterocycles. The monoisotopic (exact) mass is 240 g/mol. The van der Waals surface area contributed by atoms with E-state index >= 15 is 0 Å². The summed E-state index contributed by atoms with van der Waals surface area (Å²) in [7, 11) is 0. The third-order valence-corrected chi connectivity index (χ3v) is 4.14. The van der Waals surface area contributed by atoms with Crippen LogP contribution in [0.2, 0.25) is 0 Å². The highest BCUT2D eigenvalue weighted by Gasteiger charge is 2.27. The lowest BCUT2D eigenvalue weighted by molar-refractivity contribution is 0.122. The van der Waals surface area contributed by atoms with Gasteiger partial charge in [-0.05, 0) is 39.7 Å². The van der Waals surface area contributed by atoms with Crippen molar-refractivity contribution in [3.8, 4) is 0 Å². The second-order valence-corrected chi connectivity index (χ2v) is 5.91. The molecule has 2 N–H and O–H groups in total. The molecular weight excluding hydrogens is 208 g/mol. The summed E-state index contributed by atoms with van der Waals surface area (Å²) >= 11 is 0. The van der Waals surface area contributed by atoms with E-state index in [0.29, 0.717) is 18.1 Å². The van der Waals surface area contributed by atoms with Gasteiger partial charge in [-0.15, -0.1) is 0 Å². The Morgan fingerprint density at radius 3 is 2.47 bits per heavy atom. The first-order chi connectivity index (χ1) is 8.16. The van der Waals surface area contributed by atoms with E-state index in [4.69, 9.17) is 5.73 Å². The Labute approximate surface area is 108 Å². The molecule has 2 atom stereocenters. The van der Waals surface area contributed by atoms with Crippen LogP contribution in [-0.4, -0.2) is 29.6 Å². The lowest BCUT2D eigenvalue weighted by atomic mass is 10.00. The lowest BCUT2D eigenvalue weighted by Gasteiger charge is -2.37. The Balaban J connectivity index is 2.53. The second-order valence-electron chi connectivity index (χ2n) is 5.91. The van der Waals surface area contributed by atoms with Gasteiger partial charge < -0.3 is 5.73 Å². The van der Waals surface area contributed by atoms with Gasteiger partial charge in [-0.25, -0.2) is 0 Å². The first-order valence-corrected chi connectivity index (χ1v) is 7.68. The van der Waals surface area contributed by atoms with Crippen LogP contribution in [0.4, 0.5) is 0 Å². The summed E-state index contributed by atoms with van der Waals surface area (Å²) in [5, 5.41) is 0. The van der Waals surface area contributed by atoms with Crippen LogP contribution in [0, 0.1) is 0 Å². The smallest absolute Gasteiger partial charge is 0.0249 e. The molecule has 0 spiro atoms. The molecule has 1 fully saturated rings. The molecule has 0 aromatic heterocycles. The van der Waals surface area contributed by atoms with E-state index in [1.54, 1.807) is 0 Å². The minimum absolute atomic E-state index is 0.404. The molecule has 0 heterocycles. The molecule has 1 saturated carbocycles. The minimum Gasteiger partial charge on any atom is -0.326 e. The Morgan fingerprint density at radius 2 is 1.82 bits per heavy atom. The SMILES string of the molecule is CCCCCN(C(C)C)C1CCCCCC1N. The van der Waals surface area contributed by atoms with E-state index in [1.807, 2.05) is 0 Å².